The van der Waals surface area contributed by atoms with E-state index in [-0.39, 0.29) is 11.8 Å². The van der Waals surface area contributed by atoms with Gasteiger partial charge in [-0.2, -0.15) is 0 Å². The van der Waals surface area contributed by atoms with Crippen LogP contribution >= 0.6 is 0 Å². The number of carbonyl (C=O) groups excluding carboxylic acids is 1. The van der Waals surface area contributed by atoms with Crippen molar-refractivity contribution >= 4 is 11.6 Å². The van der Waals surface area contributed by atoms with Crippen molar-refractivity contribution in [2.45, 2.75) is 33.2 Å². The van der Waals surface area contributed by atoms with Crippen molar-refractivity contribution in [3.8, 4) is 0 Å². The van der Waals surface area contributed by atoms with Gasteiger partial charge in [-0.05, 0) is 24.1 Å². The smallest absolute Gasteiger partial charge is 0.225 e. The predicted octanol–water partition coefficient (Wildman–Crippen LogP) is 3.15. The third kappa shape index (κ3) is 4.58. The Morgan fingerprint density at radius 2 is 1.74 bits per heavy atom. The SMILES string of the molecule is CCCC(C)C(=O)N(C)Cc1ccc(N(C)C)cc1. The molecule has 0 saturated heterocycles. The van der Waals surface area contributed by atoms with Crippen molar-refractivity contribution in [3.05, 3.63) is 29.8 Å². The summed E-state index contributed by atoms with van der Waals surface area (Å²) in [5.74, 6) is 0.356. The molecule has 0 bridgehead atoms. The Balaban J connectivity index is 2.61. The highest BCUT2D eigenvalue weighted by Crippen LogP contribution is 2.15. The molecule has 0 saturated carbocycles. The molecule has 0 aliphatic heterocycles. The minimum absolute atomic E-state index is 0.121. The molecule has 0 N–H and O–H groups in total. The normalized spacial score (nSPS) is 12.1. The Hall–Kier alpha value is -1.51. The third-order valence-electron chi connectivity index (χ3n) is 3.39. The first kappa shape index (κ1) is 15.5. The maximum absolute atomic E-state index is 12.1. The fourth-order valence-electron chi connectivity index (χ4n) is 2.18. The monoisotopic (exact) mass is 262 g/mol. The Morgan fingerprint density at radius 3 is 2.21 bits per heavy atom. The van der Waals surface area contributed by atoms with Crippen molar-refractivity contribution in [2.24, 2.45) is 5.92 Å². The van der Waals surface area contributed by atoms with E-state index in [4.69, 9.17) is 0 Å². The molecule has 0 heterocycles. The molecule has 1 unspecified atom stereocenters. The maximum Gasteiger partial charge on any atom is 0.225 e. The van der Waals surface area contributed by atoms with Crippen LogP contribution in [0.2, 0.25) is 0 Å². The van der Waals surface area contributed by atoms with E-state index < -0.39 is 0 Å². The molecule has 3 nitrogen and oxygen atoms in total. The van der Waals surface area contributed by atoms with Crippen LogP contribution in [0.25, 0.3) is 0 Å². The lowest BCUT2D eigenvalue weighted by atomic mass is 10.0. The van der Waals surface area contributed by atoms with Gasteiger partial charge in [0.15, 0.2) is 0 Å². The van der Waals surface area contributed by atoms with Crippen LogP contribution in [0.4, 0.5) is 5.69 Å². The van der Waals surface area contributed by atoms with Gasteiger partial charge in [0.25, 0.3) is 0 Å². The summed E-state index contributed by atoms with van der Waals surface area (Å²) in [6.45, 7) is 4.81. The molecule has 0 aromatic heterocycles. The molecule has 106 valence electrons. The van der Waals surface area contributed by atoms with E-state index in [9.17, 15) is 4.79 Å². The average molecular weight is 262 g/mol. The lowest BCUT2D eigenvalue weighted by Gasteiger charge is -2.21. The molecule has 1 aromatic carbocycles. The third-order valence-corrected chi connectivity index (χ3v) is 3.39. The van der Waals surface area contributed by atoms with E-state index in [2.05, 4.69) is 36.1 Å². The molecule has 1 rings (SSSR count). The van der Waals surface area contributed by atoms with Crippen LogP contribution in [-0.2, 0) is 11.3 Å². The van der Waals surface area contributed by atoms with Gasteiger partial charge in [0.05, 0.1) is 0 Å². The quantitative estimate of drug-likeness (QED) is 0.786. The van der Waals surface area contributed by atoms with Crippen LogP contribution in [0.1, 0.15) is 32.3 Å². The summed E-state index contributed by atoms with van der Waals surface area (Å²) in [5.41, 5.74) is 2.35. The van der Waals surface area contributed by atoms with E-state index in [0.717, 1.165) is 12.8 Å². The highest BCUT2D eigenvalue weighted by atomic mass is 16.2. The summed E-state index contributed by atoms with van der Waals surface area (Å²) in [4.78, 5) is 16.0. The van der Waals surface area contributed by atoms with E-state index >= 15 is 0 Å². The minimum Gasteiger partial charge on any atom is -0.378 e. The van der Waals surface area contributed by atoms with Gasteiger partial charge in [0.2, 0.25) is 5.91 Å². The lowest BCUT2D eigenvalue weighted by molar-refractivity contribution is -0.134. The van der Waals surface area contributed by atoms with E-state index in [1.807, 2.05) is 33.0 Å². The number of anilines is 1. The predicted molar refractivity (Wildman–Crippen MR) is 81.3 cm³/mol. The Morgan fingerprint density at radius 1 is 1.16 bits per heavy atom. The van der Waals surface area contributed by atoms with Crippen LogP contribution < -0.4 is 4.90 Å². The lowest BCUT2D eigenvalue weighted by Crippen LogP contribution is -2.31. The number of hydrogen-bond donors (Lipinski definition) is 0. The number of carbonyl (C=O) groups is 1. The van der Waals surface area contributed by atoms with Gasteiger partial charge in [-0.3, -0.25) is 4.79 Å². The number of hydrogen-bond acceptors (Lipinski definition) is 2. The van der Waals surface area contributed by atoms with Crippen molar-refractivity contribution in [2.75, 3.05) is 26.0 Å². The number of nitrogens with zero attached hydrogens (tertiary/aromatic N) is 2. The number of amides is 1. The molecule has 0 spiro atoms. The number of benzene rings is 1. The first-order valence-corrected chi connectivity index (χ1v) is 6.97. The largest absolute Gasteiger partial charge is 0.378 e. The highest BCUT2D eigenvalue weighted by Gasteiger charge is 2.16. The molecule has 0 aliphatic rings. The van der Waals surface area contributed by atoms with E-state index in [0.29, 0.717) is 6.54 Å². The fraction of sp³-hybridized carbons (Fsp3) is 0.562. The van der Waals surface area contributed by atoms with Gasteiger partial charge in [-0.25, -0.2) is 0 Å². The molecule has 0 aliphatic carbocycles. The summed E-state index contributed by atoms with van der Waals surface area (Å²) < 4.78 is 0. The Kier molecular flexibility index (Phi) is 5.87. The van der Waals surface area contributed by atoms with Crippen LogP contribution in [0, 0.1) is 5.92 Å². The van der Waals surface area contributed by atoms with Gasteiger partial charge in [-0.15, -0.1) is 0 Å². The van der Waals surface area contributed by atoms with E-state index in [1.54, 1.807) is 0 Å². The summed E-state index contributed by atoms with van der Waals surface area (Å²) in [6, 6.07) is 8.35. The van der Waals surface area contributed by atoms with Gasteiger partial charge >= 0.3 is 0 Å². The summed E-state index contributed by atoms with van der Waals surface area (Å²) in [7, 11) is 5.93. The van der Waals surface area contributed by atoms with Crippen molar-refractivity contribution in [1.29, 1.82) is 0 Å². The minimum atomic E-state index is 0.121. The summed E-state index contributed by atoms with van der Waals surface area (Å²) in [6.07, 6.45) is 2.01. The zero-order valence-electron chi connectivity index (χ0n) is 12.8. The zero-order valence-corrected chi connectivity index (χ0v) is 12.8. The highest BCUT2D eigenvalue weighted by molar-refractivity contribution is 5.78. The van der Waals surface area contributed by atoms with Crippen LogP contribution in [0.3, 0.4) is 0 Å². The van der Waals surface area contributed by atoms with Crippen LogP contribution in [-0.4, -0.2) is 32.0 Å². The van der Waals surface area contributed by atoms with Crippen molar-refractivity contribution < 1.29 is 4.79 Å². The van der Waals surface area contributed by atoms with Crippen molar-refractivity contribution in [3.63, 3.8) is 0 Å². The van der Waals surface area contributed by atoms with Crippen molar-refractivity contribution in [1.82, 2.24) is 4.90 Å². The second kappa shape index (κ2) is 7.17. The Bertz CT molecular complexity index is 398. The molecule has 19 heavy (non-hydrogen) atoms. The molecule has 1 amide bonds. The van der Waals surface area contributed by atoms with Gasteiger partial charge in [0.1, 0.15) is 0 Å². The molecule has 1 atom stereocenters. The second-order valence-corrected chi connectivity index (χ2v) is 5.44. The number of rotatable bonds is 6. The van der Waals surface area contributed by atoms with Gasteiger partial charge in [-0.1, -0.05) is 32.4 Å². The molecule has 0 radical (unpaired) electrons. The molecule has 1 aromatic rings. The van der Waals surface area contributed by atoms with Gasteiger partial charge in [0, 0.05) is 39.3 Å². The first-order valence-electron chi connectivity index (χ1n) is 6.97. The fourth-order valence-corrected chi connectivity index (χ4v) is 2.18. The molecule has 3 heteroatoms. The average Bonchev–Trinajstić information content (AvgIpc) is 2.38. The Labute approximate surface area is 117 Å². The molecule has 0 fully saturated rings. The standard InChI is InChI=1S/C16H26N2O/c1-6-7-13(2)16(19)18(5)12-14-8-10-15(11-9-14)17(3)4/h8-11,13H,6-7,12H2,1-5H3. The second-order valence-electron chi connectivity index (χ2n) is 5.44. The zero-order chi connectivity index (χ0) is 14.4. The van der Waals surface area contributed by atoms with Crippen LogP contribution in [0.15, 0.2) is 24.3 Å². The topological polar surface area (TPSA) is 23.6 Å². The molecular formula is C16H26N2O. The van der Waals surface area contributed by atoms with Gasteiger partial charge < -0.3 is 9.80 Å². The maximum atomic E-state index is 12.1. The molecular weight excluding hydrogens is 236 g/mol. The van der Waals surface area contributed by atoms with Crippen LogP contribution in [0.5, 0.6) is 0 Å². The first-order chi connectivity index (χ1) is 8.95. The summed E-state index contributed by atoms with van der Waals surface area (Å²) >= 11 is 0. The summed E-state index contributed by atoms with van der Waals surface area (Å²) in [5, 5.41) is 0. The van der Waals surface area contributed by atoms with E-state index in [1.165, 1.54) is 11.3 Å².